The molecule has 0 radical (unpaired) electrons. The Morgan fingerprint density at radius 3 is 2.57 bits per heavy atom. The van der Waals surface area contributed by atoms with Gasteiger partial charge in [-0.2, -0.15) is 0 Å². The summed E-state index contributed by atoms with van der Waals surface area (Å²) in [5.74, 6) is -0.774. The van der Waals surface area contributed by atoms with E-state index in [-0.39, 0.29) is 5.82 Å². The first-order valence-electron chi connectivity index (χ1n) is 6.67. The normalized spacial score (nSPS) is 23.7. The van der Waals surface area contributed by atoms with Crippen molar-refractivity contribution in [3.05, 3.63) is 59.9 Å². The number of ether oxygens (including phenoxy) is 2. The average Bonchev–Trinajstić information content (AvgIpc) is 3.21. The van der Waals surface area contributed by atoms with E-state index < -0.39 is 17.7 Å². The molecule has 1 aliphatic rings. The molecule has 0 spiro atoms. The quantitative estimate of drug-likeness (QED) is 0.642. The molecule has 2 aromatic carbocycles. The molecule has 2 aromatic rings. The summed E-state index contributed by atoms with van der Waals surface area (Å²) >= 11 is 0. The smallest absolute Gasteiger partial charge is 0.338 e. The van der Waals surface area contributed by atoms with Crippen molar-refractivity contribution in [2.24, 2.45) is 0 Å². The van der Waals surface area contributed by atoms with Gasteiger partial charge in [0, 0.05) is 5.56 Å². The van der Waals surface area contributed by atoms with Crippen LogP contribution in [0.5, 0.6) is 0 Å². The van der Waals surface area contributed by atoms with E-state index in [1.165, 1.54) is 13.2 Å². The number of halogens is 1. The molecule has 1 heterocycles. The maximum Gasteiger partial charge on any atom is 0.338 e. The molecule has 1 saturated heterocycles. The fourth-order valence-electron chi connectivity index (χ4n) is 2.49. The molecule has 2 atom stereocenters. The summed E-state index contributed by atoms with van der Waals surface area (Å²) in [6.07, 6.45) is -0.663. The number of carbonyl (C=O) groups excluding carboxylic acids is 1. The van der Waals surface area contributed by atoms with E-state index in [1.807, 2.05) is 30.3 Å². The molecule has 1 aliphatic heterocycles. The number of benzene rings is 2. The predicted octanol–water partition coefficient (Wildman–Crippen LogP) is 3.28. The Kier molecular flexibility index (Phi) is 3.26. The van der Waals surface area contributed by atoms with E-state index in [2.05, 4.69) is 4.74 Å². The molecule has 0 bridgehead atoms. The van der Waals surface area contributed by atoms with Gasteiger partial charge >= 0.3 is 5.97 Å². The summed E-state index contributed by atoms with van der Waals surface area (Å²) in [6.45, 7) is 1.76. The van der Waals surface area contributed by atoms with Crippen molar-refractivity contribution in [3.8, 4) is 11.1 Å². The van der Waals surface area contributed by atoms with Gasteiger partial charge in [-0.3, -0.25) is 0 Å². The number of esters is 1. The second kappa shape index (κ2) is 4.97. The van der Waals surface area contributed by atoms with Gasteiger partial charge in [0.05, 0.1) is 7.11 Å². The van der Waals surface area contributed by atoms with Gasteiger partial charge in [-0.1, -0.05) is 42.5 Å². The molecule has 3 nitrogen and oxygen atoms in total. The molecule has 0 aromatic heterocycles. The zero-order chi connectivity index (χ0) is 15.0. The van der Waals surface area contributed by atoms with Gasteiger partial charge in [-0.05, 0) is 24.1 Å². The highest BCUT2D eigenvalue weighted by Crippen LogP contribution is 2.47. The Labute approximate surface area is 122 Å². The molecule has 1 fully saturated rings. The third-order valence-electron chi connectivity index (χ3n) is 3.85. The van der Waals surface area contributed by atoms with Crippen LogP contribution in [0.2, 0.25) is 0 Å². The van der Waals surface area contributed by atoms with Gasteiger partial charge in [-0.15, -0.1) is 0 Å². The molecule has 3 rings (SSSR count). The van der Waals surface area contributed by atoms with Crippen LogP contribution in [-0.4, -0.2) is 19.2 Å². The minimum Gasteiger partial charge on any atom is -0.467 e. The van der Waals surface area contributed by atoms with Crippen LogP contribution < -0.4 is 0 Å². The van der Waals surface area contributed by atoms with Crippen molar-refractivity contribution in [1.29, 1.82) is 0 Å². The van der Waals surface area contributed by atoms with Gasteiger partial charge in [0.1, 0.15) is 11.4 Å². The number of methoxy groups -OCH3 is 1. The number of hydrogen-bond donors (Lipinski definition) is 0. The monoisotopic (exact) mass is 286 g/mol. The Hall–Kier alpha value is -2.20. The molecular formula is C17H15FO3. The lowest BCUT2D eigenvalue weighted by Crippen LogP contribution is -2.17. The van der Waals surface area contributed by atoms with E-state index in [0.717, 1.165) is 5.56 Å². The summed E-state index contributed by atoms with van der Waals surface area (Å²) in [6, 6.07) is 14.2. The average molecular weight is 286 g/mol. The van der Waals surface area contributed by atoms with Crippen molar-refractivity contribution < 1.29 is 18.7 Å². The summed E-state index contributed by atoms with van der Waals surface area (Å²) in [7, 11) is 1.31. The van der Waals surface area contributed by atoms with E-state index in [0.29, 0.717) is 11.1 Å². The number of carbonyl (C=O) groups is 1. The highest BCUT2D eigenvalue weighted by molar-refractivity contribution is 5.79. The van der Waals surface area contributed by atoms with Gasteiger partial charge in [-0.25, -0.2) is 9.18 Å². The van der Waals surface area contributed by atoms with Crippen LogP contribution in [0.4, 0.5) is 4.39 Å². The highest BCUT2D eigenvalue weighted by atomic mass is 19.1. The second-order valence-corrected chi connectivity index (χ2v) is 5.19. The Balaban J connectivity index is 1.91. The van der Waals surface area contributed by atoms with E-state index >= 15 is 0 Å². The molecule has 108 valence electrons. The van der Waals surface area contributed by atoms with Crippen LogP contribution >= 0.6 is 0 Å². The first-order chi connectivity index (χ1) is 10.1. The number of rotatable bonds is 3. The van der Waals surface area contributed by atoms with E-state index in [9.17, 15) is 9.18 Å². The fourth-order valence-corrected chi connectivity index (χ4v) is 2.49. The maximum absolute atomic E-state index is 14.3. The zero-order valence-corrected chi connectivity index (χ0v) is 11.8. The second-order valence-electron chi connectivity index (χ2n) is 5.19. The third-order valence-corrected chi connectivity index (χ3v) is 3.85. The van der Waals surface area contributed by atoms with Crippen molar-refractivity contribution in [1.82, 2.24) is 0 Å². The summed E-state index contributed by atoms with van der Waals surface area (Å²) in [5, 5.41) is 0. The molecule has 0 amide bonds. The number of hydrogen-bond acceptors (Lipinski definition) is 3. The first-order valence-corrected chi connectivity index (χ1v) is 6.67. The molecule has 21 heavy (non-hydrogen) atoms. The van der Waals surface area contributed by atoms with Crippen molar-refractivity contribution >= 4 is 5.97 Å². The largest absolute Gasteiger partial charge is 0.467 e. The lowest BCUT2D eigenvalue weighted by Gasteiger charge is -2.10. The molecule has 0 saturated carbocycles. The van der Waals surface area contributed by atoms with E-state index in [1.54, 1.807) is 19.1 Å². The van der Waals surface area contributed by atoms with E-state index in [4.69, 9.17) is 4.74 Å². The van der Waals surface area contributed by atoms with Crippen LogP contribution in [0.15, 0.2) is 48.5 Å². The van der Waals surface area contributed by atoms with Crippen LogP contribution in [0.3, 0.4) is 0 Å². The Morgan fingerprint density at radius 2 is 1.95 bits per heavy atom. The Bertz CT molecular complexity index is 684. The summed E-state index contributed by atoms with van der Waals surface area (Å²) in [4.78, 5) is 11.5. The van der Waals surface area contributed by atoms with Crippen LogP contribution in [0.25, 0.3) is 11.1 Å². The lowest BCUT2D eigenvalue weighted by atomic mass is 9.94. The maximum atomic E-state index is 14.3. The standard InChI is InChI=1S/C17H15FO3/c1-17(15(21-17)16(19)20-2)12-8-9-13(14(18)10-12)11-6-4-3-5-7-11/h3-10,15H,1-2H3. The van der Waals surface area contributed by atoms with Crippen LogP contribution in [-0.2, 0) is 19.9 Å². The number of epoxide rings is 1. The summed E-state index contributed by atoms with van der Waals surface area (Å²) in [5.41, 5.74) is 1.17. The minimum atomic E-state index is -0.802. The van der Waals surface area contributed by atoms with Gasteiger partial charge in [0.15, 0.2) is 6.10 Å². The molecular weight excluding hydrogens is 271 g/mol. The minimum absolute atomic E-state index is 0.334. The van der Waals surface area contributed by atoms with Crippen molar-refractivity contribution in [2.75, 3.05) is 7.11 Å². The lowest BCUT2D eigenvalue weighted by molar-refractivity contribution is -0.142. The van der Waals surface area contributed by atoms with Crippen molar-refractivity contribution in [3.63, 3.8) is 0 Å². The summed E-state index contributed by atoms with van der Waals surface area (Å²) < 4.78 is 24.4. The van der Waals surface area contributed by atoms with Gasteiger partial charge in [0.25, 0.3) is 0 Å². The Morgan fingerprint density at radius 1 is 1.24 bits per heavy atom. The van der Waals surface area contributed by atoms with Crippen LogP contribution in [0, 0.1) is 5.82 Å². The SMILES string of the molecule is COC(=O)C1OC1(C)c1ccc(-c2ccccc2)c(F)c1. The highest BCUT2D eigenvalue weighted by Gasteiger charge is 2.59. The molecule has 0 N–H and O–H groups in total. The molecule has 2 unspecified atom stereocenters. The predicted molar refractivity (Wildman–Crippen MR) is 76.1 cm³/mol. The topological polar surface area (TPSA) is 38.8 Å². The zero-order valence-electron chi connectivity index (χ0n) is 11.8. The molecule has 0 aliphatic carbocycles. The van der Waals surface area contributed by atoms with Gasteiger partial charge in [0.2, 0.25) is 0 Å². The van der Waals surface area contributed by atoms with Crippen LogP contribution in [0.1, 0.15) is 12.5 Å². The first kappa shape index (κ1) is 13.8. The van der Waals surface area contributed by atoms with Crippen molar-refractivity contribution in [2.45, 2.75) is 18.6 Å². The third kappa shape index (κ3) is 2.32. The van der Waals surface area contributed by atoms with Gasteiger partial charge < -0.3 is 9.47 Å². The fraction of sp³-hybridized carbons (Fsp3) is 0.235. The molecule has 4 heteroatoms.